The van der Waals surface area contributed by atoms with Gasteiger partial charge in [-0.15, -0.1) is 0 Å². The summed E-state index contributed by atoms with van der Waals surface area (Å²) in [7, 11) is 1.70. The zero-order chi connectivity index (χ0) is 22.1. The Kier molecular flexibility index (Phi) is 5.17. The van der Waals surface area contributed by atoms with Gasteiger partial charge >= 0.3 is 0 Å². The van der Waals surface area contributed by atoms with Gasteiger partial charge in [0.2, 0.25) is 0 Å². The van der Waals surface area contributed by atoms with Crippen LogP contribution in [0.1, 0.15) is 19.3 Å². The number of hydrogen-bond acceptors (Lipinski definition) is 7. The van der Waals surface area contributed by atoms with E-state index in [1.165, 1.54) is 0 Å². The van der Waals surface area contributed by atoms with Gasteiger partial charge in [0, 0.05) is 36.7 Å². The predicted molar refractivity (Wildman–Crippen MR) is 117 cm³/mol. The molecule has 1 aliphatic rings. The van der Waals surface area contributed by atoms with Gasteiger partial charge in [0.25, 0.3) is 0 Å². The van der Waals surface area contributed by atoms with Crippen molar-refractivity contribution in [1.82, 2.24) is 29.5 Å². The van der Waals surface area contributed by atoms with Gasteiger partial charge in [0.15, 0.2) is 0 Å². The first kappa shape index (κ1) is 20.3. The lowest BCUT2D eigenvalue weighted by Crippen LogP contribution is -2.50. The molecule has 9 heteroatoms. The van der Waals surface area contributed by atoms with Gasteiger partial charge in [-0.05, 0) is 37.1 Å². The first-order valence-electron chi connectivity index (χ1n) is 10.5. The third-order valence-electron chi connectivity index (χ3n) is 6.13. The molecule has 0 spiro atoms. The lowest BCUT2D eigenvalue weighted by molar-refractivity contribution is -0.0541. The molecule has 4 aromatic heterocycles. The highest BCUT2D eigenvalue weighted by Crippen LogP contribution is 2.43. The second-order valence-electron chi connectivity index (χ2n) is 8.11. The van der Waals surface area contributed by atoms with Crippen molar-refractivity contribution in [3.05, 3.63) is 49.1 Å². The average Bonchev–Trinajstić information content (AvgIpc) is 3.46. The molecular formula is C23H23N7O2. The highest BCUT2D eigenvalue weighted by Gasteiger charge is 2.47. The molecule has 0 bridgehead atoms. The maximum absolute atomic E-state index is 9.38. The number of ether oxygens (including phenoxy) is 1. The van der Waals surface area contributed by atoms with Crippen LogP contribution in [0.3, 0.4) is 0 Å². The monoisotopic (exact) mass is 429 g/mol. The number of pyridine rings is 2. The maximum Gasteiger partial charge on any atom is 0.111 e. The van der Waals surface area contributed by atoms with Gasteiger partial charge < -0.3 is 9.84 Å². The van der Waals surface area contributed by atoms with Crippen LogP contribution < -0.4 is 0 Å². The van der Waals surface area contributed by atoms with Crippen molar-refractivity contribution in [2.75, 3.05) is 13.7 Å². The molecule has 1 aliphatic carbocycles. The van der Waals surface area contributed by atoms with E-state index in [2.05, 4.69) is 16.2 Å². The number of hydrogen-bond donors (Lipinski definition) is 1. The molecule has 1 fully saturated rings. The second-order valence-corrected chi connectivity index (χ2v) is 8.11. The van der Waals surface area contributed by atoms with E-state index in [4.69, 9.17) is 14.8 Å². The maximum atomic E-state index is 9.38. The van der Waals surface area contributed by atoms with Gasteiger partial charge in [0.1, 0.15) is 11.4 Å². The Labute approximate surface area is 184 Å². The van der Waals surface area contributed by atoms with E-state index in [1.807, 2.05) is 41.3 Å². The molecule has 9 nitrogen and oxygen atoms in total. The molecule has 0 aromatic carbocycles. The first-order valence-corrected chi connectivity index (χ1v) is 10.5. The van der Waals surface area contributed by atoms with Crippen molar-refractivity contribution >= 4 is 10.9 Å². The van der Waals surface area contributed by atoms with Crippen LogP contribution in [0.4, 0.5) is 0 Å². The summed E-state index contributed by atoms with van der Waals surface area (Å²) >= 11 is 0. The molecular weight excluding hydrogens is 406 g/mol. The number of aliphatic hydroxyl groups is 1. The Morgan fingerprint density at radius 3 is 2.97 bits per heavy atom. The van der Waals surface area contributed by atoms with Gasteiger partial charge in [-0.25, -0.2) is 4.98 Å². The van der Waals surface area contributed by atoms with Crippen molar-refractivity contribution in [2.45, 2.75) is 37.5 Å². The summed E-state index contributed by atoms with van der Waals surface area (Å²) in [4.78, 5) is 9.44. The summed E-state index contributed by atoms with van der Waals surface area (Å²) in [5.74, 6) is 0. The smallest absolute Gasteiger partial charge is 0.111 e. The Balaban J connectivity index is 1.58. The average molecular weight is 429 g/mol. The van der Waals surface area contributed by atoms with Crippen LogP contribution >= 0.6 is 0 Å². The van der Waals surface area contributed by atoms with Crippen molar-refractivity contribution in [2.24, 2.45) is 0 Å². The van der Waals surface area contributed by atoms with Gasteiger partial charge in [-0.2, -0.15) is 15.5 Å². The van der Waals surface area contributed by atoms with Gasteiger partial charge in [-0.3, -0.25) is 14.3 Å². The quantitative estimate of drug-likeness (QED) is 0.480. The summed E-state index contributed by atoms with van der Waals surface area (Å²) in [5, 5.41) is 28.6. The molecule has 0 radical (unpaired) electrons. The van der Waals surface area contributed by atoms with Crippen LogP contribution in [0.25, 0.3) is 33.5 Å². The minimum atomic E-state index is -0.342. The fourth-order valence-corrected chi connectivity index (χ4v) is 4.37. The summed E-state index contributed by atoms with van der Waals surface area (Å²) in [5.41, 5.74) is 3.51. The minimum Gasteiger partial charge on any atom is -0.394 e. The van der Waals surface area contributed by atoms with E-state index in [-0.39, 0.29) is 18.2 Å². The van der Waals surface area contributed by atoms with Crippen molar-refractivity contribution in [3.63, 3.8) is 0 Å². The van der Waals surface area contributed by atoms with E-state index >= 15 is 0 Å². The topological polar surface area (TPSA) is 115 Å². The number of aliphatic hydroxyl groups excluding tert-OH is 1. The molecule has 5 rings (SSSR count). The molecule has 0 amide bonds. The van der Waals surface area contributed by atoms with Crippen LogP contribution in [0.5, 0.6) is 0 Å². The largest absolute Gasteiger partial charge is 0.394 e. The SMILES string of the molecule is CO[C@H]1C[C@](CC#N)(n2ccc(-c3nc(-c4cnn(CCO)c4)cc4ncccc34)n2)C1. The molecule has 4 heterocycles. The van der Waals surface area contributed by atoms with E-state index in [9.17, 15) is 10.4 Å². The zero-order valence-electron chi connectivity index (χ0n) is 17.7. The first-order chi connectivity index (χ1) is 15.7. The van der Waals surface area contributed by atoms with E-state index in [0.29, 0.717) is 13.0 Å². The molecule has 162 valence electrons. The number of aromatic nitrogens is 6. The van der Waals surface area contributed by atoms with Crippen molar-refractivity contribution < 1.29 is 9.84 Å². The molecule has 0 aliphatic heterocycles. The summed E-state index contributed by atoms with van der Waals surface area (Å²) in [6.45, 7) is 0.442. The molecule has 1 saturated carbocycles. The molecule has 32 heavy (non-hydrogen) atoms. The lowest BCUT2D eigenvalue weighted by atomic mass is 9.72. The third kappa shape index (κ3) is 3.43. The summed E-state index contributed by atoms with van der Waals surface area (Å²) in [6.07, 6.45) is 9.33. The van der Waals surface area contributed by atoms with Crippen LogP contribution in [0, 0.1) is 11.3 Å². The molecule has 0 saturated heterocycles. The highest BCUT2D eigenvalue weighted by molar-refractivity contribution is 5.93. The third-order valence-corrected chi connectivity index (χ3v) is 6.13. The summed E-state index contributed by atoms with van der Waals surface area (Å²) in [6, 6.07) is 10.0. The highest BCUT2D eigenvalue weighted by atomic mass is 16.5. The van der Waals surface area contributed by atoms with Gasteiger partial charge in [-0.1, -0.05) is 0 Å². The van der Waals surface area contributed by atoms with E-state index in [1.54, 1.807) is 24.2 Å². The fourth-order valence-electron chi connectivity index (χ4n) is 4.37. The Morgan fingerprint density at radius 1 is 1.31 bits per heavy atom. The standard InChI is InChI=1S/C23H23N7O2/c1-32-17-12-23(13-17,5-6-24)30-8-4-19(28-30)22-18-3-2-7-25-21(18)11-20(27-22)16-14-26-29(15-16)9-10-31/h2-4,7-8,11,14-15,17,31H,5,9-10,12-13H2,1H3/t17-,23-. The minimum absolute atomic E-state index is 0.0187. The number of nitriles is 1. The predicted octanol–water partition coefficient (Wildman–Crippen LogP) is 2.77. The Morgan fingerprint density at radius 2 is 2.19 bits per heavy atom. The Hall–Kier alpha value is -3.61. The van der Waals surface area contributed by atoms with Crippen molar-refractivity contribution in [3.8, 4) is 28.7 Å². The number of rotatable bonds is 7. The number of nitrogens with zero attached hydrogens (tertiary/aromatic N) is 7. The molecule has 0 unspecified atom stereocenters. The number of methoxy groups -OCH3 is 1. The van der Waals surface area contributed by atoms with Crippen LogP contribution in [0.2, 0.25) is 0 Å². The molecule has 1 N–H and O–H groups in total. The number of fused-ring (bicyclic) bond motifs is 1. The van der Waals surface area contributed by atoms with E-state index in [0.717, 1.165) is 46.4 Å². The molecule has 0 atom stereocenters. The fraction of sp³-hybridized carbons (Fsp3) is 0.348. The zero-order valence-corrected chi connectivity index (χ0v) is 17.7. The van der Waals surface area contributed by atoms with Crippen molar-refractivity contribution in [1.29, 1.82) is 5.26 Å². The lowest BCUT2D eigenvalue weighted by Gasteiger charge is -2.45. The second kappa shape index (κ2) is 8.15. The summed E-state index contributed by atoms with van der Waals surface area (Å²) < 4.78 is 9.03. The normalized spacial score (nSPS) is 20.2. The van der Waals surface area contributed by atoms with Gasteiger partial charge in [0.05, 0.1) is 54.7 Å². The van der Waals surface area contributed by atoms with E-state index < -0.39 is 0 Å². The van der Waals surface area contributed by atoms with Crippen LogP contribution in [0.15, 0.2) is 49.1 Å². The Bertz CT molecular complexity index is 1300. The van der Waals surface area contributed by atoms with Crippen LogP contribution in [-0.4, -0.2) is 54.5 Å². The van der Waals surface area contributed by atoms with Crippen LogP contribution in [-0.2, 0) is 16.8 Å². The molecule has 4 aromatic rings.